The predicted molar refractivity (Wildman–Crippen MR) is 130 cm³/mol. The molecule has 34 heavy (non-hydrogen) atoms. The van der Waals surface area contributed by atoms with Gasteiger partial charge < -0.3 is 19.9 Å². The standard InChI is InChI=1S/C25H32FN7O/c1-19-16-28-24(29-20-5-6-22(21(26)15-20)31-11-13-34-14-12-31)30-23(19)32-17-25(18-32,7-8-27)33-9-3-2-4-10-33/h5-6,15-16H,2-4,7,9-14,17-18H2,1H3,(H,28,29,30). The third-order valence-electron chi connectivity index (χ3n) is 7.21. The van der Waals surface area contributed by atoms with Crippen LogP contribution in [0.3, 0.4) is 0 Å². The number of morpholine rings is 1. The van der Waals surface area contributed by atoms with Crippen molar-refractivity contribution in [2.24, 2.45) is 0 Å². The van der Waals surface area contributed by atoms with Gasteiger partial charge in [0.2, 0.25) is 5.95 Å². The maximum Gasteiger partial charge on any atom is 0.229 e. The minimum Gasteiger partial charge on any atom is -0.378 e. The Bertz CT molecular complexity index is 1050. The molecule has 0 aliphatic carbocycles. The first-order chi connectivity index (χ1) is 16.6. The SMILES string of the molecule is Cc1cnc(Nc2ccc(N3CCOCC3)c(F)c2)nc1N1CC(CC#N)(N2CCCCC2)C1. The number of likely N-dealkylation sites (tertiary alicyclic amines) is 1. The van der Waals surface area contributed by atoms with E-state index in [1.54, 1.807) is 12.3 Å². The lowest BCUT2D eigenvalue weighted by molar-refractivity contribution is 0.0438. The normalized spacial score (nSPS) is 20.5. The lowest BCUT2D eigenvalue weighted by Crippen LogP contribution is -2.71. The van der Waals surface area contributed by atoms with Gasteiger partial charge in [0, 0.05) is 43.6 Å². The van der Waals surface area contributed by atoms with E-state index in [4.69, 9.17) is 9.72 Å². The van der Waals surface area contributed by atoms with Gasteiger partial charge in [-0.05, 0) is 51.1 Å². The maximum atomic E-state index is 14.8. The molecule has 1 aromatic heterocycles. The summed E-state index contributed by atoms with van der Waals surface area (Å²) >= 11 is 0. The minimum absolute atomic E-state index is 0.0847. The van der Waals surface area contributed by atoms with Crippen LogP contribution in [-0.2, 0) is 4.74 Å². The molecule has 1 aromatic carbocycles. The highest BCUT2D eigenvalue weighted by Gasteiger charge is 2.48. The number of nitrogens with zero attached hydrogens (tertiary/aromatic N) is 6. The second kappa shape index (κ2) is 9.72. The molecule has 0 unspecified atom stereocenters. The first-order valence-electron chi connectivity index (χ1n) is 12.2. The summed E-state index contributed by atoms with van der Waals surface area (Å²) in [7, 11) is 0. The van der Waals surface area contributed by atoms with Gasteiger partial charge in [0.25, 0.3) is 0 Å². The summed E-state index contributed by atoms with van der Waals surface area (Å²) in [5.41, 5.74) is 2.11. The van der Waals surface area contributed by atoms with E-state index in [1.165, 1.54) is 25.3 Å². The van der Waals surface area contributed by atoms with Gasteiger partial charge in [0.1, 0.15) is 11.6 Å². The highest BCUT2D eigenvalue weighted by Crippen LogP contribution is 2.37. The van der Waals surface area contributed by atoms with Crippen molar-refractivity contribution in [3.63, 3.8) is 0 Å². The van der Waals surface area contributed by atoms with Crippen molar-refractivity contribution in [3.8, 4) is 6.07 Å². The molecule has 4 heterocycles. The molecule has 0 spiro atoms. The van der Waals surface area contributed by atoms with E-state index < -0.39 is 0 Å². The summed E-state index contributed by atoms with van der Waals surface area (Å²) in [6.45, 7) is 8.33. The molecule has 3 fully saturated rings. The molecule has 3 aliphatic heterocycles. The molecule has 8 nitrogen and oxygen atoms in total. The van der Waals surface area contributed by atoms with E-state index in [1.807, 2.05) is 17.9 Å². The Kier molecular flexibility index (Phi) is 6.53. The summed E-state index contributed by atoms with van der Waals surface area (Å²) < 4.78 is 20.2. The van der Waals surface area contributed by atoms with Gasteiger partial charge in [-0.2, -0.15) is 10.2 Å². The second-order valence-electron chi connectivity index (χ2n) is 9.55. The number of halogens is 1. The number of aryl methyl sites for hydroxylation is 1. The van der Waals surface area contributed by atoms with Crippen LogP contribution in [0.5, 0.6) is 0 Å². The second-order valence-corrected chi connectivity index (χ2v) is 9.55. The summed E-state index contributed by atoms with van der Waals surface area (Å²) in [6, 6.07) is 7.55. The Morgan fingerprint density at radius 3 is 2.59 bits per heavy atom. The number of hydrogen-bond donors (Lipinski definition) is 1. The van der Waals surface area contributed by atoms with Gasteiger partial charge in [-0.25, -0.2) is 9.37 Å². The number of benzene rings is 1. The maximum absolute atomic E-state index is 14.8. The van der Waals surface area contributed by atoms with Gasteiger partial charge in [-0.15, -0.1) is 0 Å². The van der Waals surface area contributed by atoms with Crippen molar-refractivity contribution >= 4 is 23.1 Å². The average molecular weight is 466 g/mol. The molecule has 180 valence electrons. The van der Waals surface area contributed by atoms with Crippen LogP contribution in [0.2, 0.25) is 0 Å². The highest BCUT2D eigenvalue weighted by atomic mass is 19.1. The zero-order chi connectivity index (χ0) is 23.5. The third kappa shape index (κ3) is 4.52. The lowest BCUT2D eigenvalue weighted by Gasteiger charge is -2.56. The number of anilines is 4. The number of nitriles is 1. The van der Waals surface area contributed by atoms with Crippen molar-refractivity contribution in [3.05, 3.63) is 35.8 Å². The largest absolute Gasteiger partial charge is 0.378 e. The molecule has 2 aromatic rings. The van der Waals surface area contributed by atoms with Crippen LogP contribution < -0.4 is 15.1 Å². The Hall–Kier alpha value is -2.96. The summed E-state index contributed by atoms with van der Waals surface area (Å²) in [4.78, 5) is 15.9. The van der Waals surface area contributed by atoms with Crippen LogP contribution in [0, 0.1) is 24.1 Å². The fourth-order valence-corrected chi connectivity index (χ4v) is 5.34. The number of aromatic nitrogens is 2. The number of nitrogens with one attached hydrogen (secondary N) is 1. The Labute approximate surface area is 200 Å². The van der Waals surface area contributed by atoms with E-state index >= 15 is 0 Å². The topological polar surface area (TPSA) is 80.5 Å². The number of hydrogen-bond acceptors (Lipinski definition) is 8. The van der Waals surface area contributed by atoms with E-state index in [2.05, 4.69) is 26.2 Å². The zero-order valence-corrected chi connectivity index (χ0v) is 19.8. The zero-order valence-electron chi connectivity index (χ0n) is 19.8. The molecule has 3 aliphatic rings. The fraction of sp³-hybridized carbons (Fsp3) is 0.560. The fourth-order valence-electron chi connectivity index (χ4n) is 5.34. The molecule has 3 saturated heterocycles. The quantitative estimate of drug-likeness (QED) is 0.695. The van der Waals surface area contributed by atoms with Gasteiger partial charge in [0.05, 0.1) is 36.9 Å². The van der Waals surface area contributed by atoms with Gasteiger partial charge in [-0.3, -0.25) is 4.90 Å². The first kappa shape index (κ1) is 22.8. The third-order valence-corrected chi connectivity index (χ3v) is 7.21. The lowest BCUT2D eigenvalue weighted by atomic mass is 9.83. The van der Waals surface area contributed by atoms with Crippen molar-refractivity contribution in [2.45, 2.75) is 38.1 Å². The van der Waals surface area contributed by atoms with E-state index in [0.717, 1.165) is 37.6 Å². The monoisotopic (exact) mass is 465 g/mol. The molecule has 0 saturated carbocycles. The average Bonchev–Trinajstić information content (AvgIpc) is 2.84. The van der Waals surface area contributed by atoms with E-state index in [-0.39, 0.29) is 11.4 Å². The Balaban J connectivity index is 1.29. The number of rotatable bonds is 6. The van der Waals surface area contributed by atoms with Gasteiger partial charge in [-0.1, -0.05) is 6.42 Å². The molecule has 0 atom stereocenters. The molecule has 5 rings (SSSR count). The van der Waals surface area contributed by atoms with Gasteiger partial charge in [0.15, 0.2) is 0 Å². The van der Waals surface area contributed by atoms with Gasteiger partial charge >= 0.3 is 0 Å². The molecule has 0 amide bonds. The molecule has 9 heteroatoms. The van der Waals surface area contributed by atoms with Crippen LogP contribution in [0.4, 0.5) is 27.5 Å². The number of ether oxygens (including phenoxy) is 1. The van der Waals surface area contributed by atoms with Crippen LogP contribution in [0.15, 0.2) is 24.4 Å². The highest BCUT2D eigenvalue weighted by molar-refractivity contribution is 5.62. The van der Waals surface area contributed by atoms with E-state index in [0.29, 0.717) is 50.0 Å². The van der Waals surface area contributed by atoms with Crippen molar-refractivity contribution in [1.82, 2.24) is 14.9 Å². The first-order valence-corrected chi connectivity index (χ1v) is 12.2. The van der Waals surface area contributed by atoms with Crippen LogP contribution in [0.1, 0.15) is 31.2 Å². The van der Waals surface area contributed by atoms with Crippen LogP contribution >= 0.6 is 0 Å². The molecular formula is C25H32FN7O. The van der Waals surface area contributed by atoms with Crippen molar-refractivity contribution in [1.29, 1.82) is 5.26 Å². The van der Waals surface area contributed by atoms with Crippen molar-refractivity contribution < 1.29 is 9.13 Å². The van der Waals surface area contributed by atoms with Crippen LogP contribution in [-0.4, -0.2) is 72.9 Å². The number of piperidine rings is 1. The smallest absolute Gasteiger partial charge is 0.229 e. The summed E-state index contributed by atoms with van der Waals surface area (Å²) in [5.74, 6) is 1.04. The Morgan fingerprint density at radius 2 is 1.88 bits per heavy atom. The molecule has 0 radical (unpaired) electrons. The van der Waals surface area contributed by atoms with E-state index in [9.17, 15) is 9.65 Å². The predicted octanol–water partition coefficient (Wildman–Crippen LogP) is 3.46. The summed E-state index contributed by atoms with van der Waals surface area (Å²) in [6.07, 6.45) is 6.02. The minimum atomic E-state index is -0.273. The Morgan fingerprint density at radius 1 is 1.12 bits per heavy atom. The molecule has 1 N–H and O–H groups in total. The summed E-state index contributed by atoms with van der Waals surface area (Å²) in [5, 5.41) is 12.6. The van der Waals surface area contributed by atoms with Crippen LogP contribution in [0.25, 0.3) is 0 Å². The molecule has 0 bridgehead atoms. The molecular weight excluding hydrogens is 433 g/mol. The van der Waals surface area contributed by atoms with Crippen molar-refractivity contribution in [2.75, 3.05) is 67.6 Å².